The van der Waals surface area contributed by atoms with Gasteiger partial charge in [-0.1, -0.05) is 47.6 Å². The van der Waals surface area contributed by atoms with Crippen LogP contribution in [0.4, 0.5) is 10.3 Å². The summed E-state index contributed by atoms with van der Waals surface area (Å²) in [5.74, 6) is -1.40. The molecule has 1 aliphatic rings. The minimum atomic E-state index is -0.839. The van der Waals surface area contributed by atoms with E-state index in [0.717, 1.165) is 0 Å². The zero-order chi connectivity index (χ0) is 19.7. The van der Waals surface area contributed by atoms with E-state index in [-0.39, 0.29) is 17.2 Å². The van der Waals surface area contributed by atoms with Crippen LogP contribution in [0.2, 0.25) is 0 Å². The normalized spacial score (nSPS) is 15.6. The van der Waals surface area contributed by atoms with Crippen molar-refractivity contribution in [3.63, 3.8) is 0 Å². The number of ketones is 1. The number of Topliss-reactive ketones (excluding diaryl/α,β-unsaturated/α-hetero) is 1. The molecule has 9 heteroatoms. The second kappa shape index (κ2) is 7.03. The fourth-order valence-electron chi connectivity index (χ4n) is 3.09. The number of fused-ring (bicyclic) bond motifs is 1. The molecule has 0 fully saturated rings. The standard InChI is InChI=1S/C19H14FN5O3/c1-28-18(27)15-14(17(26)12-5-3-2-4-6-12)16(11-7-9-13(20)10-8-11)25-19(21-15)22-23-24-25/h2-10,16H,1H3,(H,21,22,24)/t16-/m1/s1. The maximum atomic E-state index is 13.5. The molecule has 1 N–H and O–H groups in total. The van der Waals surface area contributed by atoms with Gasteiger partial charge >= 0.3 is 5.97 Å². The van der Waals surface area contributed by atoms with E-state index in [2.05, 4.69) is 20.8 Å². The Balaban J connectivity index is 1.95. The summed E-state index contributed by atoms with van der Waals surface area (Å²) >= 11 is 0. The minimum absolute atomic E-state index is 0.0621. The topological polar surface area (TPSA) is 99.0 Å². The number of carbonyl (C=O) groups excluding carboxylic acids is 2. The second-order valence-corrected chi connectivity index (χ2v) is 6.00. The molecule has 0 radical (unpaired) electrons. The van der Waals surface area contributed by atoms with Crippen LogP contribution in [0.15, 0.2) is 65.9 Å². The lowest BCUT2D eigenvalue weighted by Gasteiger charge is -2.28. The fraction of sp³-hybridized carbons (Fsp3) is 0.105. The molecule has 0 saturated heterocycles. The number of tetrazole rings is 1. The van der Waals surface area contributed by atoms with Crippen LogP contribution < -0.4 is 5.32 Å². The van der Waals surface area contributed by atoms with Crippen LogP contribution in [0.25, 0.3) is 0 Å². The summed E-state index contributed by atoms with van der Waals surface area (Å²) in [6, 6.07) is 13.2. The molecule has 2 heterocycles. The summed E-state index contributed by atoms with van der Waals surface area (Å²) < 4.78 is 19.7. The lowest BCUT2D eigenvalue weighted by atomic mass is 9.89. The van der Waals surface area contributed by atoms with Crippen molar-refractivity contribution < 1.29 is 18.7 Å². The molecule has 1 aromatic heterocycles. The summed E-state index contributed by atoms with van der Waals surface area (Å²) in [5.41, 5.74) is 0.957. The Morgan fingerprint density at radius 2 is 1.82 bits per heavy atom. The van der Waals surface area contributed by atoms with Crippen molar-refractivity contribution >= 4 is 17.7 Å². The number of nitrogens with one attached hydrogen (secondary N) is 1. The Kier molecular flexibility index (Phi) is 4.40. The van der Waals surface area contributed by atoms with Gasteiger partial charge in [-0.3, -0.25) is 4.79 Å². The van der Waals surface area contributed by atoms with Crippen LogP contribution >= 0.6 is 0 Å². The van der Waals surface area contributed by atoms with E-state index in [1.54, 1.807) is 30.3 Å². The van der Waals surface area contributed by atoms with Crippen molar-refractivity contribution in [3.8, 4) is 0 Å². The Labute approximate surface area is 158 Å². The van der Waals surface area contributed by atoms with Gasteiger partial charge in [-0.15, -0.1) is 0 Å². The van der Waals surface area contributed by atoms with E-state index >= 15 is 0 Å². The summed E-state index contributed by atoms with van der Waals surface area (Å²) in [6.07, 6.45) is 0. The first-order valence-corrected chi connectivity index (χ1v) is 8.32. The number of hydrogen-bond acceptors (Lipinski definition) is 7. The van der Waals surface area contributed by atoms with Gasteiger partial charge in [0.05, 0.1) is 12.7 Å². The third-order valence-corrected chi connectivity index (χ3v) is 4.37. The summed E-state index contributed by atoms with van der Waals surface area (Å²) in [5, 5.41) is 14.2. The molecule has 1 aliphatic heterocycles. The zero-order valence-electron chi connectivity index (χ0n) is 14.7. The summed E-state index contributed by atoms with van der Waals surface area (Å²) in [4.78, 5) is 25.8. The maximum absolute atomic E-state index is 13.5. The number of allylic oxidation sites excluding steroid dienone is 1. The van der Waals surface area contributed by atoms with Gasteiger partial charge < -0.3 is 10.1 Å². The van der Waals surface area contributed by atoms with Gasteiger partial charge in [-0.05, 0) is 28.1 Å². The second-order valence-electron chi connectivity index (χ2n) is 6.00. The average molecular weight is 379 g/mol. The van der Waals surface area contributed by atoms with Crippen molar-refractivity contribution in [2.75, 3.05) is 12.4 Å². The number of esters is 1. The van der Waals surface area contributed by atoms with E-state index in [4.69, 9.17) is 4.74 Å². The molecule has 0 bridgehead atoms. The SMILES string of the molecule is COC(=O)C1=C(C(=O)c2ccccc2)[C@@H](c2ccc(F)cc2)n2nnnc2N1. The molecule has 4 rings (SSSR count). The number of anilines is 1. The Morgan fingerprint density at radius 3 is 2.50 bits per heavy atom. The van der Waals surface area contributed by atoms with Gasteiger partial charge in [0.2, 0.25) is 5.95 Å². The highest BCUT2D eigenvalue weighted by Gasteiger charge is 2.38. The van der Waals surface area contributed by atoms with Gasteiger partial charge in [-0.2, -0.15) is 4.68 Å². The lowest BCUT2D eigenvalue weighted by molar-refractivity contribution is -0.136. The smallest absolute Gasteiger partial charge is 0.355 e. The number of rotatable bonds is 4. The van der Waals surface area contributed by atoms with Crippen LogP contribution in [0.5, 0.6) is 0 Å². The van der Waals surface area contributed by atoms with Crippen molar-refractivity contribution in [1.29, 1.82) is 0 Å². The van der Waals surface area contributed by atoms with E-state index < -0.39 is 23.6 Å². The first kappa shape index (κ1) is 17.5. The number of halogens is 1. The molecule has 0 aliphatic carbocycles. The molecular formula is C19H14FN5O3. The first-order chi connectivity index (χ1) is 13.6. The number of nitrogens with zero attached hydrogens (tertiary/aromatic N) is 4. The van der Waals surface area contributed by atoms with E-state index in [0.29, 0.717) is 11.1 Å². The predicted octanol–water partition coefficient (Wildman–Crippen LogP) is 2.14. The molecule has 8 nitrogen and oxygen atoms in total. The summed E-state index contributed by atoms with van der Waals surface area (Å²) in [7, 11) is 1.21. The van der Waals surface area contributed by atoms with E-state index in [1.807, 2.05) is 0 Å². The number of hydrogen-bond donors (Lipinski definition) is 1. The number of benzene rings is 2. The monoisotopic (exact) mass is 379 g/mol. The highest BCUT2D eigenvalue weighted by molar-refractivity contribution is 6.14. The van der Waals surface area contributed by atoms with Gasteiger partial charge in [-0.25, -0.2) is 9.18 Å². The van der Waals surface area contributed by atoms with Gasteiger partial charge in [0.1, 0.15) is 17.6 Å². The van der Waals surface area contributed by atoms with Gasteiger partial charge in [0.15, 0.2) is 5.78 Å². The summed E-state index contributed by atoms with van der Waals surface area (Å²) in [6.45, 7) is 0. The molecule has 0 saturated carbocycles. The Hall–Kier alpha value is -3.88. The molecule has 3 aromatic rings. The molecule has 28 heavy (non-hydrogen) atoms. The highest BCUT2D eigenvalue weighted by Crippen LogP contribution is 2.36. The zero-order valence-corrected chi connectivity index (χ0v) is 14.7. The minimum Gasteiger partial charge on any atom is -0.464 e. The molecule has 1 atom stereocenters. The first-order valence-electron chi connectivity index (χ1n) is 8.32. The largest absolute Gasteiger partial charge is 0.464 e. The maximum Gasteiger partial charge on any atom is 0.355 e. The number of methoxy groups -OCH3 is 1. The van der Waals surface area contributed by atoms with Gasteiger partial charge in [0.25, 0.3) is 0 Å². The van der Waals surface area contributed by atoms with E-state index in [9.17, 15) is 14.0 Å². The predicted molar refractivity (Wildman–Crippen MR) is 95.8 cm³/mol. The van der Waals surface area contributed by atoms with Crippen LogP contribution in [0, 0.1) is 5.82 Å². The third-order valence-electron chi connectivity index (χ3n) is 4.37. The van der Waals surface area contributed by atoms with Crippen LogP contribution in [0.1, 0.15) is 22.0 Å². The fourth-order valence-corrected chi connectivity index (χ4v) is 3.09. The highest BCUT2D eigenvalue weighted by atomic mass is 19.1. The molecule has 0 spiro atoms. The van der Waals surface area contributed by atoms with Crippen LogP contribution in [-0.4, -0.2) is 39.1 Å². The third kappa shape index (κ3) is 2.92. The van der Waals surface area contributed by atoms with Crippen molar-refractivity contribution in [2.45, 2.75) is 6.04 Å². The molecular weight excluding hydrogens is 365 g/mol. The Bertz CT molecular complexity index is 1080. The van der Waals surface area contributed by atoms with Gasteiger partial charge in [0, 0.05) is 5.56 Å². The Morgan fingerprint density at radius 1 is 1.11 bits per heavy atom. The number of aromatic nitrogens is 4. The van der Waals surface area contributed by atoms with Crippen LogP contribution in [0.3, 0.4) is 0 Å². The van der Waals surface area contributed by atoms with Crippen molar-refractivity contribution in [2.24, 2.45) is 0 Å². The van der Waals surface area contributed by atoms with Crippen molar-refractivity contribution in [3.05, 3.63) is 82.8 Å². The lowest BCUT2D eigenvalue weighted by Crippen LogP contribution is -2.32. The number of ether oxygens (including phenoxy) is 1. The molecule has 0 unspecified atom stereocenters. The van der Waals surface area contributed by atoms with E-state index in [1.165, 1.54) is 36.1 Å². The quantitative estimate of drug-likeness (QED) is 0.548. The van der Waals surface area contributed by atoms with Crippen LogP contribution in [-0.2, 0) is 9.53 Å². The molecule has 0 amide bonds. The number of carbonyl (C=O) groups is 2. The van der Waals surface area contributed by atoms with Crippen molar-refractivity contribution in [1.82, 2.24) is 20.2 Å². The molecule has 2 aromatic carbocycles. The average Bonchev–Trinajstić information content (AvgIpc) is 3.21. The molecule has 140 valence electrons.